The van der Waals surface area contributed by atoms with Gasteiger partial charge in [0.2, 0.25) is 5.91 Å². The van der Waals surface area contributed by atoms with Crippen molar-refractivity contribution in [1.82, 2.24) is 15.1 Å². The van der Waals surface area contributed by atoms with E-state index < -0.39 is 0 Å². The van der Waals surface area contributed by atoms with Crippen LogP contribution in [0.2, 0.25) is 0 Å². The van der Waals surface area contributed by atoms with Crippen molar-refractivity contribution in [2.75, 3.05) is 44.6 Å². The minimum Gasteiger partial charge on any atom is -0.355 e. The SMILES string of the molecule is CCNC(=O)CN1CCCN(C(=O)c2ccsc2NC(=O)c2ccc(C(C)C)cc2)CC1. The van der Waals surface area contributed by atoms with Crippen LogP contribution in [0.3, 0.4) is 0 Å². The highest BCUT2D eigenvalue weighted by atomic mass is 32.1. The number of hydrogen-bond donors (Lipinski definition) is 2. The van der Waals surface area contributed by atoms with Crippen molar-refractivity contribution in [1.29, 1.82) is 0 Å². The monoisotopic (exact) mass is 456 g/mol. The van der Waals surface area contributed by atoms with E-state index in [4.69, 9.17) is 0 Å². The van der Waals surface area contributed by atoms with Crippen molar-refractivity contribution >= 4 is 34.1 Å². The van der Waals surface area contributed by atoms with E-state index >= 15 is 0 Å². The molecule has 1 fully saturated rings. The minimum atomic E-state index is -0.221. The Bertz CT molecular complexity index is 939. The second kappa shape index (κ2) is 11.2. The molecule has 32 heavy (non-hydrogen) atoms. The third-order valence-electron chi connectivity index (χ3n) is 5.58. The lowest BCUT2D eigenvalue weighted by Gasteiger charge is -2.22. The van der Waals surface area contributed by atoms with Gasteiger partial charge in [0.05, 0.1) is 12.1 Å². The van der Waals surface area contributed by atoms with Crippen molar-refractivity contribution in [3.8, 4) is 0 Å². The number of amides is 3. The molecule has 1 aliphatic rings. The first kappa shape index (κ1) is 23.9. The number of nitrogens with zero attached hydrogens (tertiary/aromatic N) is 2. The van der Waals surface area contributed by atoms with Gasteiger partial charge in [-0.1, -0.05) is 26.0 Å². The number of benzene rings is 1. The highest BCUT2D eigenvalue weighted by Crippen LogP contribution is 2.26. The number of carbonyl (C=O) groups is 3. The number of hydrogen-bond acceptors (Lipinski definition) is 5. The van der Waals surface area contributed by atoms with E-state index in [-0.39, 0.29) is 17.7 Å². The molecule has 2 heterocycles. The molecule has 1 aromatic carbocycles. The zero-order valence-corrected chi connectivity index (χ0v) is 19.8. The summed E-state index contributed by atoms with van der Waals surface area (Å²) in [7, 11) is 0. The average Bonchev–Trinajstić information content (AvgIpc) is 3.10. The standard InChI is InChI=1S/C24H32N4O3S/c1-4-25-21(29)16-27-11-5-12-28(14-13-27)24(31)20-10-15-32-23(20)26-22(30)19-8-6-18(7-9-19)17(2)3/h6-10,15,17H,4-5,11-14,16H2,1-3H3,(H,25,29)(H,26,30). The maximum absolute atomic E-state index is 13.2. The van der Waals surface area contributed by atoms with Gasteiger partial charge in [0.25, 0.3) is 11.8 Å². The summed E-state index contributed by atoms with van der Waals surface area (Å²) < 4.78 is 0. The molecule has 0 unspecified atom stereocenters. The van der Waals surface area contributed by atoms with Gasteiger partial charge in [0, 0.05) is 38.3 Å². The Kier molecular flexibility index (Phi) is 8.41. The van der Waals surface area contributed by atoms with E-state index in [0.717, 1.165) is 13.0 Å². The van der Waals surface area contributed by atoms with Gasteiger partial charge in [-0.3, -0.25) is 19.3 Å². The molecule has 0 bridgehead atoms. The van der Waals surface area contributed by atoms with Gasteiger partial charge in [0.15, 0.2) is 0 Å². The topological polar surface area (TPSA) is 81.8 Å². The number of likely N-dealkylation sites (N-methyl/N-ethyl adjacent to an activating group) is 1. The van der Waals surface area contributed by atoms with Crippen LogP contribution in [0, 0.1) is 0 Å². The number of rotatable bonds is 7. The Hall–Kier alpha value is -2.71. The molecule has 0 aliphatic carbocycles. The third kappa shape index (κ3) is 6.17. The van der Waals surface area contributed by atoms with Gasteiger partial charge in [-0.2, -0.15) is 0 Å². The maximum Gasteiger partial charge on any atom is 0.256 e. The molecule has 1 aliphatic heterocycles. The van der Waals surface area contributed by atoms with Crippen LogP contribution in [-0.4, -0.2) is 66.8 Å². The first-order valence-corrected chi connectivity index (χ1v) is 12.0. The first-order chi connectivity index (χ1) is 15.4. The molecule has 1 saturated heterocycles. The van der Waals surface area contributed by atoms with Gasteiger partial charge >= 0.3 is 0 Å². The van der Waals surface area contributed by atoms with E-state index in [0.29, 0.717) is 54.8 Å². The Balaban J connectivity index is 1.62. The quantitative estimate of drug-likeness (QED) is 0.669. The van der Waals surface area contributed by atoms with Gasteiger partial charge in [-0.25, -0.2) is 0 Å². The fourth-order valence-corrected chi connectivity index (χ4v) is 4.50. The molecular formula is C24H32N4O3S. The van der Waals surface area contributed by atoms with Crippen LogP contribution >= 0.6 is 11.3 Å². The van der Waals surface area contributed by atoms with E-state index in [1.165, 1.54) is 16.9 Å². The van der Waals surface area contributed by atoms with Gasteiger partial charge in [-0.15, -0.1) is 11.3 Å². The zero-order chi connectivity index (χ0) is 23.1. The molecule has 3 amide bonds. The summed E-state index contributed by atoms with van der Waals surface area (Å²) in [6, 6.07) is 9.32. The van der Waals surface area contributed by atoms with E-state index in [1.54, 1.807) is 6.07 Å². The molecule has 1 aromatic heterocycles. The molecular weight excluding hydrogens is 424 g/mol. The lowest BCUT2D eigenvalue weighted by Crippen LogP contribution is -2.40. The molecule has 0 radical (unpaired) electrons. The highest BCUT2D eigenvalue weighted by molar-refractivity contribution is 7.14. The smallest absolute Gasteiger partial charge is 0.256 e. The maximum atomic E-state index is 13.2. The molecule has 0 spiro atoms. The van der Waals surface area contributed by atoms with Crippen LogP contribution in [0.4, 0.5) is 5.00 Å². The van der Waals surface area contributed by atoms with Crippen molar-refractivity contribution in [3.05, 3.63) is 52.4 Å². The predicted octanol–water partition coefficient (Wildman–Crippen LogP) is 3.41. The average molecular weight is 457 g/mol. The van der Waals surface area contributed by atoms with Gasteiger partial charge in [-0.05, 0) is 48.4 Å². The Morgan fingerprint density at radius 1 is 1.03 bits per heavy atom. The lowest BCUT2D eigenvalue weighted by atomic mass is 10.0. The zero-order valence-electron chi connectivity index (χ0n) is 19.0. The fraction of sp³-hybridized carbons (Fsp3) is 0.458. The summed E-state index contributed by atoms with van der Waals surface area (Å²) in [4.78, 5) is 41.7. The Labute approximate surface area is 193 Å². The largest absolute Gasteiger partial charge is 0.355 e. The second-order valence-electron chi connectivity index (χ2n) is 8.27. The van der Waals surface area contributed by atoms with Crippen LogP contribution in [0.25, 0.3) is 0 Å². The molecule has 7 nitrogen and oxygen atoms in total. The first-order valence-electron chi connectivity index (χ1n) is 11.2. The predicted molar refractivity (Wildman–Crippen MR) is 128 cm³/mol. The van der Waals surface area contributed by atoms with Crippen LogP contribution < -0.4 is 10.6 Å². The molecule has 2 N–H and O–H groups in total. The van der Waals surface area contributed by atoms with Crippen molar-refractivity contribution < 1.29 is 14.4 Å². The Morgan fingerprint density at radius 3 is 2.47 bits per heavy atom. The normalized spacial score (nSPS) is 14.8. The van der Waals surface area contributed by atoms with Crippen LogP contribution in [0.15, 0.2) is 35.7 Å². The molecule has 3 rings (SSSR count). The van der Waals surface area contributed by atoms with Gasteiger partial charge < -0.3 is 15.5 Å². The lowest BCUT2D eigenvalue weighted by molar-refractivity contribution is -0.122. The summed E-state index contributed by atoms with van der Waals surface area (Å²) in [6.07, 6.45) is 0.805. The van der Waals surface area contributed by atoms with Crippen molar-refractivity contribution in [2.45, 2.75) is 33.1 Å². The number of carbonyl (C=O) groups excluding carboxylic acids is 3. The van der Waals surface area contributed by atoms with E-state index in [1.807, 2.05) is 41.5 Å². The number of thiophene rings is 1. The summed E-state index contributed by atoms with van der Waals surface area (Å²) in [5.74, 6) is 0.105. The fourth-order valence-electron chi connectivity index (χ4n) is 3.73. The van der Waals surface area contributed by atoms with E-state index in [2.05, 4.69) is 29.4 Å². The molecule has 172 valence electrons. The van der Waals surface area contributed by atoms with Crippen LogP contribution in [0.5, 0.6) is 0 Å². The Morgan fingerprint density at radius 2 is 1.78 bits per heavy atom. The number of nitrogens with one attached hydrogen (secondary N) is 2. The summed E-state index contributed by atoms with van der Waals surface area (Å²) >= 11 is 1.35. The highest BCUT2D eigenvalue weighted by Gasteiger charge is 2.24. The minimum absolute atomic E-state index is 0.0107. The molecule has 2 aromatic rings. The second-order valence-corrected chi connectivity index (χ2v) is 9.19. The van der Waals surface area contributed by atoms with Crippen LogP contribution in [-0.2, 0) is 4.79 Å². The van der Waals surface area contributed by atoms with Crippen LogP contribution in [0.1, 0.15) is 59.4 Å². The molecule has 0 saturated carbocycles. The van der Waals surface area contributed by atoms with Crippen molar-refractivity contribution in [3.63, 3.8) is 0 Å². The van der Waals surface area contributed by atoms with Gasteiger partial charge in [0.1, 0.15) is 5.00 Å². The molecule has 0 atom stereocenters. The summed E-state index contributed by atoms with van der Waals surface area (Å²) in [6.45, 7) is 9.71. The summed E-state index contributed by atoms with van der Waals surface area (Å²) in [5.41, 5.74) is 2.26. The summed E-state index contributed by atoms with van der Waals surface area (Å²) in [5, 5.41) is 8.12. The number of anilines is 1. The third-order valence-corrected chi connectivity index (χ3v) is 6.41. The van der Waals surface area contributed by atoms with Crippen molar-refractivity contribution in [2.24, 2.45) is 0 Å². The van der Waals surface area contributed by atoms with E-state index in [9.17, 15) is 14.4 Å². The molecule has 8 heteroatoms.